The Morgan fingerprint density at radius 2 is 1.71 bits per heavy atom. The van der Waals surface area contributed by atoms with E-state index in [1.54, 1.807) is 11.3 Å². The molecule has 1 heterocycles. The molecule has 3 rings (SSSR count). The monoisotopic (exact) mass is 466 g/mol. The first-order chi connectivity index (χ1) is 15.1. The van der Waals surface area contributed by atoms with Crippen LogP contribution >= 0.6 is 23.1 Å². The van der Waals surface area contributed by atoms with Gasteiger partial charge in [0, 0.05) is 24.4 Å². The van der Waals surface area contributed by atoms with E-state index in [1.165, 1.54) is 42.7 Å². The van der Waals surface area contributed by atoms with Gasteiger partial charge in [-0.2, -0.15) is 0 Å². The average molecular weight is 467 g/mol. The number of thioether (sulfide) groups is 1. The van der Waals surface area contributed by atoms with Crippen molar-refractivity contribution in [2.45, 2.75) is 101 Å². The molecule has 2 aliphatic carbocycles. The van der Waals surface area contributed by atoms with Crippen molar-refractivity contribution in [1.82, 2.24) is 14.8 Å². The van der Waals surface area contributed by atoms with Crippen LogP contribution in [0.15, 0.2) is 10.4 Å². The third-order valence-electron chi connectivity index (χ3n) is 7.08. The van der Waals surface area contributed by atoms with Gasteiger partial charge < -0.3 is 9.80 Å². The number of nitrogens with zero attached hydrogens (tertiary/aromatic N) is 3. The van der Waals surface area contributed by atoms with E-state index >= 15 is 0 Å². The normalized spacial score (nSPS) is 23.0. The number of carbonyl (C=O) groups is 1. The lowest BCUT2D eigenvalue weighted by molar-refractivity contribution is 0.116. The minimum atomic E-state index is 0.0838. The van der Waals surface area contributed by atoms with Gasteiger partial charge in [-0.1, -0.05) is 57.8 Å². The number of hydrogen-bond acceptors (Lipinski definition) is 5. The summed E-state index contributed by atoms with van der Waals surface area (Å²) in [6.07, 6.45) is 14.1. The summed E-state index contributed by atoms with van der Waals surface area (Å²) < 4.78 is 1.19. The van der Waals surface area contributed by atoms with Crippen molar-refractivity contribution in [3.63, 3.8) is 0 Å². The zero-order valence-electron chi connectivity index (χ0n) is 19.8. The van der Waals surface area contributed by atoms with Gasteiger partial charge in [0.15, 0.2) is 5.13 Å². The smallest absolute Gasteiger partial charge is 0.319 e. The maximum absolute atomic E-state index is 13.5. The number of hydrogen-bond donors (Lipinski definition) is 1. The summed E-state index contributed by atoms with van der Waals surface area (Å²) in [7, 11) is 0. The molecule has 2 aliphatic rings. The second-order valence-electron chi connectivity index (χ2n) is 9.26. The predicted octanol–water partition coefficient (Wildman–Crippen LogP) is 6.71. The molecule has 5 nitrogen and oxygen atoms in total. The van der Waals surface area contributed by atoms with Crippen molar-refractivity contribution in [2.75, 3.05) is 30.7 Å². The van der Waals surface area contributed by atoms with Crippen molar-refractivity contribution in [1.29, 1.82) is 0 Å². The maximum Gasteiger partial charge on any atom is 0.324 e. The summed E-state index contributed by atoms with van der Waals surface area (Å²) in [5.41, 5.74) is 0. The third-order valence-corrected chi connectivity index (χ3v) is 9.16. The van der Waals surface area contributed by atoms with Crippen molar-refractivity contribution in [2.24, 2.45) is 5.92 Å². The quantitative estimate of drug-likeness (QED) is 0.324. The first kappa shape index (κ1) is 24.8. The molecule has 7 heteroatoms. The number of nitrogens with one attached hydrogen (secondary N) is 1. The van der Waals surface area contributed by atoms with E-state index in [4.69, 9.17) is 0 Å². The lowest BCUT2D eigenvalue weighted by Gasteiger charge is -2.40. The van der Waals surface area contributed by atoms with Crippen LogP contribution in [-0.4, -0.2) is 58.3 Å². The van der Waals surface area contributed by atoms with Crippen LogP contribution < -0.4 is 5.32 Å². The minimum Gasteiger partial charge on any atom is -0.319 e. The highest BCUT2D eigenvalue weighted by Gasteiger charge is 2.33. The second-order valence-corrected chi connectivity index (χ2v) is 11.7. The third kappa shape index (κ3) is 7.64. The van der Waals surface area contributed by atoms with Crippen LogP contribution in [0, 0.1) is 5.92 Å². The number of urea groups is 1. The average Bonchev–Trinajstić information content (AvgIpc) is 3.04. The van der Waals surface area contributed by atoms with E-state index in [2.05, 4.69) is 40.9 Å². The fourth-order valence-electron chi connectivity index (χ4n) is 5.04. The molecule has 2 saturated carbocycles. The van der Waals surface area contributed by atoms with Crippen LogP contribution in [0.4, 0.5) is 9.93 Å². The molecular formula is C24H42N4OS2. The predicted molar refractivity (Wildman–Crippen MR) is 134 cm³/mol. The lowest BCUT2D eigenvalue weighted by atomic mass is 9.85. The Kier molecular flexibility index (Phi) is 10.5. The van der Waals surface area contributed by atoms with Gasteiger partial charge >= 0.3 is 6.03 Å². The van der Waals surface area contributed by atoms with Gasteiger partial charge in [0.1, 0.15) is 0 Å². The van der Waals surface area contributed by atoms with Gasteiger partial charge in [-0.3, -0.25) is 5.32 Å². The van der Waals surface area contributed by atoms with Crippen LogP contribution in [0.3, 0.4) is 0 Å². The molecule has 0 unspecified atom stereocenters. The number of anilines is 1. The van der Waals surface area contributed by atoms with Gasteiger partial charge in [0.05, 0.1) is 10.4 Å². The highest BCUT2D eigenvalue weighted by atomic mass is 32.2. The molecule has 0 aromatic carbocycles. The summed E-state index contributed by atoms with van der Waals surface area (Å²) in [6, 6.07) is 0.867. The summed E-state index contributed by atoms with van der Waals surface area (Å²) in [5, 5.41) is 3.93. The Bertz CT molecular complexity index is 648. The Morgan fingerprint density at radius 3 is 2.35 bits per heavy atom. The summed E-state index contributed by atoms with van der Waals surface area (Å²) >= 11 is 3.46. The number of aromatic nitrogens is 1. The molecule has 1 N–H and O–H groups in total. The second kappa shape index (κ2) is 13.0. The van der Waals surface area contributed by atoms with E-state index in [1.807, 2.05) is 18.0 Å². The van der Waals surface area contributed by atoms with E-state index < -0.39 is 0 Å². The van der Waals surface area contributed by atoms with Gasteiger partial charge in [-0.05, 0) is 57.5 Å². The van der Waals surface area contributed by atoms with Crippen LogP contribution in [0.2, 0.25) is 0 Å². The Balaban J connectivity index is 1.60. The largest absolute Gasteiger partial charge is 0.324 e. The molecule has 0 spiro atoms. The summed E-state index contributed by atoms with van der Waals surface area (Å²) in [6.45, 7) is 10.0. The fourth-order valence-corrected chi connectivity index (χ4v) is 6.98. The first-order valence-corrected chi connectivity index (χ1v) is 14.3. The molecule has 1 aromatic rings. The molecule has 176 valence electrons. The van der Waals surface area contributed by atoms with Crippen molar-refractivity contribution in [3.8, 4) is 0 Å². The molecule has 0 atom stereocenters. The number of rotatable bonds is 9. The zero-order valence-corrected chi connectivity index (χ0v) is 21.4. The standard InChI is InChI=1S/C24H42N4OS2/c1-4-27(5-2)16-17-30-22-18-25-23(31-22)26-24(29)28(20-10-8-6-7-9-11-20)21-14-12-19(3)13-15-21/h18-21H,4-17H2,1-3H3,(H,25,26,29). The molecule has 0 saturated heterocycles. The molecular weight excluding hydrogens is 424 g/mol. The highest BCUT2D eigenvalue weighted by molar-refractivity contribution is 8.01. The summed E-state index contributed by atoms with van der Waals surface area (Å²) in [4.78, 5) is 22.7. The Hall–Kier alpha value is -0.790. The highest BCUT2D eigenvalue weighted by Crippen LogP contribution is 2.33. The van der Waals surface area contributed by atoms with E-state index in [-0.39, 0.29) is 6.03 Å². The fraction of sp³-hybridized carbons (Fsp3) is 0.833. The molecule has 31 heavy (non-hydrogen) atoms. The van der Waals surface area contributed by atoms with Gasteiger partial charge in [-0.25, -0.2) is 9.78 Å². The first-order valence-electron chi connectivity index (χ1n) is 12.5. The maximum atomic E-state index is 13.5. The lowest BCUT2D eigenvalue weighted by Crippen LogP contribution is -2.50. The summed E-state index contributed by atoms with van der Waals surface area (Å²) in [5.74, 6) is 1.86. The molecule has 0 aliphatic heterocycles. The topological polar surface area (TPSA) is 48.5 Å². The van der Waals surface area contributed by atoms with Gasteiger partial charge in [0.25, 0.3) is 0 Å². The van der Waals surface area contributed by atoms with E-state index in [0.717, 1.165) is 62.1 Å². The van der Waals surface area contributed by atoms with Crippen molar-refractivity contribution in [3.05, 3.63) is 6.20 Å². The van der Waals surface area contributed by atoms with E-state index in [0.29, 0.717) is 12.1 Å². The van der Waals surface area contributed by atoms with Crippen LogP contribution in [-0.2, 0) is 0 Å². The van der Waals surface area contributed by atoms with Gasteiger partial charge in [-0.15, -0.1) is 11.8 Å². The number of thiazole rings is 1. The number of carbonyl (C=O) groups excluding carboxylic acids is 1. The molecule has 2 fully saturated rings. The Labute approximate surface area is 197 Å². The van der Waals surface area contributed by atoms with Crippen LogP contribution in [0.25, 0.3) is 0 Å². The van der Waals surface area contributed by atoms with E-state index in [9.17, 15) is 4.79 Å². The SMILES string of the molecule is CCN(CC)CCSc1cnc(NC(=O)N(C2CCCCCC2)C2CCC(C)CC2)s1. The molecule has 0 bridgehead atoms. The zero-order chi connectivity index (χ0) is 22.1. The van der Waals surface area contributed by atoms with Crippen LogP contribution in [0.5, 0.6) is 0 Å². The van der Waals surface area contributed by atoms with Crippen LogP contribution in [0.1, 0.15) is 85.0 Å². The number of amides is 2. The Morgan fingerprint density at radius 1 is 1.06 bits per heavy atom. The minimum absolute atomic E-state index is 0.0838. The molecule has 1 aromatic heterocycles. The van der Waals surface area contributed by atoms with Gasteiger partial charge in [0.2, 0.25) is 0 Å². The molecule has 0 radical (unpaired) electrons. The molecule has 2 amide bonds. The van der Waals surface area contributed by atoms with Crippen molar-refractivity contribution < 1.29 is 4.79 Å². The van der Waals surface area contributed by atoms with Crippen molar-refractivity contribution >= 4 is 34.3 Å².